The Kier molecular flexibility index (Phi) is 4.32. The monoisotopic (exact) mass is 299 g/mol. The van der Waals surface area contributed by atoms with Crippen molar-refractivity contribution in [3.8, 4) is 0 Å². The lowest BCUT2D eigenvalue weighted by atomic mass is 10.1. The Hall–Kier alpha value is -1.89. The Morgan fingerprint density at radius 3 is 2.67 bits per heavy atom. The van der Waals surface area contributed by atoms with Gasteiger partial charge in [-0.25, -0.2) is 4.98 Å². The summed E-state index contributed by atoms with van der Waals surface area (Å²) in [5.41, 5.74) is -1.36. The molecule has 7 heteroatoms. The molecule has 0 amide bonds. The van der Waals surface area contributed by atoms with E-state index < -0.39 is 17.3 Å². The summed E-state index contributed by atoms with van der Waals surface area (Å²) in [5, 5.41) is 3.02. The minimum absolute atomic E-state index is 0.0475. The fourth-order valence-electron chi connectivity index (χ4n) is 2.06. The molecule has 0 spiro atoms. The summed E-state index contributed by atoms with van der Waals surface area (Å²) < 4.78 is 39.3. The highest BCUT2D eigenvalue weighted by atomic mass is 19.4. The van der Waals surface area contributed by atoms with Gasteiger partial charge in [-0.2, -0.15) is 13.2 Å². The number of hydrogen-bond acceptors (Lipinski definition) is 3. The molecule has 4 nitrogen and oxygen atoms in total. The van der Waals surface area contributed by atoms with Crippen molar-refractivity contribution in [2.45, 2.75) is 26.6 Å². The molecule has 1 heterocycles. The van der Waals surface area contributed by atoms with Crippen LogP contribution in [-0.2, 0) is 12.7 Å². The number of benzene rings is 1. The van der Waals surface area contributed by atoms with E-state index in [9.17, 15) is 18.0 Å². The summed E-state index contributed by atoms with van der Waals surface area (Å²) in [7, 11) is 0. The van der Waals surface area contributed by atoms with E-state index in [1.165, 1.54) is 6.07 Å². The standard InChI is InChI=1S/C14H16F3N3O/c1-8(2)5-18-6-9-3-10-12(19-7-20-13(10)21)11(4-9)14(15,16)17/h3-4,7-8,18H,5-6H2,1-2H3,(H,19,20,21). The van der Waals surface area contributed by atoms with E-state index in [1.807, 2.05) is 13.8 Å². The highest BCUT2D eigenvalue weighted by Crippen LogP contribution is 2.33. The molecule has 0 fully saturated rings. The van der Waals surface area contributed by atoms with Gasteiger partial charge >= 0.3 is 6.18 Å². The molecule has 21 heavy (non-hydrogen) atoms. The van der Waals surface area contributed by atoms with Gasteiger partial charge in [-0.05, 0) is 30.2 Å². The lowest BCUT2D eigenvalue weighted by Gasteiger charge is -2.13. The summed E-state index contributed by atoms with van der Waals surface area (Å²) in [5.74, 6) is 0.387. The molecular formula is C14H16F3N3O. The molecule has 0 aliphatic heterocycles. The van der Waals surface area contributed by atoms with Gasteiger partial charge in [0.15, 0.2) is 0 Å². The molecule has 0 saturated heterocycles. The van der Waals surface area contributed by atoms with Crippen LogP contribution in [0.15, 0.2) is 23.3 Å². The summed E-state index contributed by atoms with van der Waals surface area (Å²) in [4.78, 5) is 17.7. The molecule has 114 valence electrons. The normalized spacial score (nSPS) is 12.3. The average Bonchev–Trinajstić information content (AvgIpc) is 2.37. The van der Waals surface area contributed by atoms with Crippen molar-refractivity contribution in [3.63, 3.8) is 0 Å². The molecule has 1 aromatic carbocycles. The van der Waals surface area contributed by atoms with Crippen LogP contribution in [0.5, 0.6) is 0 Å². The maximum atomic E-state index is 13.1. The van der Waals surface area contributed by atoms with Crippen molar-refractivity contribution < 1.29 is 13.2 Å². The SMILES string of the molecule is CC(C)CNCc1cc(C(F)(F)F)c2nc[nH]c(=O)c2c1. The molecule has 2 N–H and O–H groups in total. The number of aromatic nitrogens is 2. The lowest BCUT2D eigenvalue weighted by Crippen LogP contribution is -2.20. The van der Waals surface area contributed by atoms with Crippen molar-refractivity contribution in [2.24, 2.45) is 5.92 Å². The first-order valence-corrected chi connectivity index (χ1v) is 6.57. The fraction of sp³-hybridized carbons (Fsp3) is 0.429. The molecule has 0 bridgehead atoms. The Bertz CT molecular complexity index is 692. The lowest BCUT2D eigenvalue weighted by molar-refractivity contribution is -0.136. The number of rotatable bonds is 4. The van der Waals surface area contributed by atoms with E-state index in [0.29, 0.717) is 18.0 Å². The molecular weight excluding hydrogens is 283 g/mol. The van der Waals surface area contributed by atoms with Gasteiger partial charge in [0.2, 0.25) is 0 Å². The summed E-state index contributed by atoms with van der Waals surface area (Å²) >= 11 is 0. The third-order valence-electron chi connectivity index (χ3n) is 2.99. The first-order valence-electron chi connectivity index (χ1n) is 6.57. The molecule has 0 unspecified atom stereocenters. The van der Waals surface area contributed by atoms with Crippen LogP contribution in [0.25, 0.3) is 10.9 Å². The highest BCUT2D eigenvalue weighted by molar-refractivity contribution is 5.82. The third-order valence-corrected chi connectivity index (χ3v) is 2.99. The van der Waals surface area contributed by atoms with Crippen LogP contribution in [0.2, 0.25) is 0 Å². The van der Waals surface area contributed by atoms with E-state index in [0.717, 1.165) is 12.4 Å². The van der Waals surface area contributed by atoms with Crippen LogP contribution in [0.1, 0.15) is 25.0 Å². The average molecular weight is 299 g/mol. The molecule has 0 aliphatic carbocycles. The van der Waals surface area contributed by atoms with Crippen LogP contribution >= 0.6 is 0 Å². The van der Waals surface area contributed by atoms with Gasteiger partial charge in [-0.15, -0.1) is 0 Å². The van der Waals surface area contributed by atoms with Gasteiger partial charge in [0.1, 0.15) is 0 Å². The van der Waals surface area contributed by atoms with Crippen LogP contribution in [0, 0.1) is 5.92 Å². The molecule has 1 aromatic heterocycles. The van der Waals surface area contributed by atoms with Gasteiger partial charge in [0.25, 0.3) is 5.56 Å². The maximum Gasteiger partial charge on any atom is 0.418 e. The molecule has 0 saturated carbocycles. The maximum absolute atomic E-state index is 13.1. The predicted octanol–water partition coefficient (Wildman–Crippen LogP) is 2.69. The zero-order chi connectivity index (χ0) is 15.6. The van der Waals surface area contributed by atoms with Gasteiger partial charge in [-0.1, -0.05) is 13.8 Å². The Labute approximate surface area is 119 Å². The Morgan fingerprint density at radius 1 is 1.33 bits per heavy atom. The second kappa shape index (κ2) is 5.85. The summed E-state index contributed by atoms with van der Waals surface area (Å²) in [6, 6.07) is 2.49. The minimum Gasteiger partial charge on any atom is -0.313 e. The molecule has 0 aliphatic rings. The van der Waals surface area contributed by atoms with Gasteiger partial charge in [0.05, 0.1) is 22.8 Å². The summed E-state index contributed by atoms with van der Waals surface area (Å²) in [6.45, 7) is 4.96. The number of aromatic amines is 1. The molecule has 0 atom stereocenters. The predicted molar refractivity (Wildman–Crippen MR) is 73.9 cm³/mol. The van der Waals surface area contributed by atoms with Crippen LogP contribution in [0.3, 0.4) is 0 Å². The minimum atomic E-state index is -4.55. The highest BCUT2D eigenvalue weighted by Gasteiger charge is 2.34. The third kappa shape index (κ3) is 3.60. The number of hydrogen-bond donors (Lipinski definition) is 2. The zero-order valence-electron chi connectivity index (χ0n) is 11.7. The van der Waals surface area contributed by atoms with Crippen molar-refractivity contribution >= 4 is 10.9 Å². The van der Waals surface area contributed by atoms with Crippen LogP contribution in [-0.4, -0.2) is 16.5 Å². The van der Waals surface area contributed by atoms with E-state index in [-0.39, 0.29) is 17.4 Å². The van der Waals surface area contributed by atoms with Crippen molar-refractivity contribution in [1.29, 1.82) is 0 Å². The number of fused-ring (bicyclic) bond motifs is 1. The molecule has 0 radical (unpaired) electrons. The number of nitrogens with zero attached hydrogens (tertiary/aromatic N) is 1. The second-order valence-corrected chi connectivity index (χ2v) is 5.29. The quantitative estimate of drug-likeness (QED) is 0.912. The van der Waals surface area contributed by atoms with E-state index in [1.54, 1.807) is 0 Å². The number of halogens is 3. The van der Waals surface area contributed by atoms with Gasteiger partial charge < -0.3 is 10.3 Å². The van der Waals surface area contributed by atoms with Gasteiger partial charge in [0, 0.05) is 6.54 Å². The first-order chi connectivity index (χ1) is 9.79. The van der Waals surface area contributed by atoms with Crippen molar-refractivity contribution in [3.05, 3.63) is 39.9 Å². The van der Waals surface area contributed by atoms with Crippen molar-refractivity contribution in [2.75, 3.05) is 6.54 Å². The largest absolute Gasteiger partial charge is 0.418 e. The number of H-pyrrole nitrogens is 1. The zero-order valence-corrected chi connectivity index (χ0v) is 11.7. The topological polar surface area (TPSA) is 57.8 Å². The Balaban J connectivity index is 2.49. The van der Waals surface area contributed by atoms with Crippen LogP contribution < -0.4 is 10.9 Å². The number of nitrogens with one attached hydrogen (secondary N) is 2. The fourth-order valence-corrected chi connectivity index (χ4v) is 2.06. The number of alkyl halides is 3. The second-order valence-electron chi connectivity index (χ2n) is 5.29. The smallest absolute Gasteiger partial charge is 0.313 e. The van der Waals surface area contributed by atoms with E-state index >= 15 is 0 Å². The van der Waals surface area contributed by atoms with E-state index in [4.69, 9.17) is 0 Å². The first kappa shape index (κ1) is 15.5. The molecule has 2 rings (SSSR count). The van der Waals surface area contributed by atoms with Crippen LogP contribution in [0.4, 0.5) is 13.2 Å². The Morgan fingerprint density at radius 2 is 2.05 bits per heavy atom. The van der Waals surface area contributed by atoms with E-state index in [2.05, 4.69) is 15.3 Å². The molecule has 2 aromatic rings. The summed E-state index contributed by atoms with van der Waals surface area (Å²) in [6.07, 6.45) is -3.57. The van der Waals surface area contributed by atoms with Crippen molar-refractivity contribution in [1.82, 2.24) is 15.3 Å². The van der Waals surface area contributed by atoms with Gasteiger partial charge in [-0.3, -0.25) is 4.79 Å².